The van der Waals surface area contributed by atoms with Gasteiger partial charge in [0.25, 0.3) is 0 Å². The van der Waals surface area contributed by atoms with E-state index < -0.39 is 0 Å². The molecule has 0 bridgehead atoms. The van der Waals surface area contributed by atoms with E-state index in [1.54, 1.807) is 25.3 Å². The summed E-state index contributed by atoms with van der Waals surface area (Å²) in [7, 11) is 3.06. The maximum Gasteiger partial charge on any atom is 1.00 e. The molecule has 2 nitrogen and oxygen atoms in total. The fourth-order valence-corrected chi connectivity index (χ4v) is 1.13. The summed E-state index contributed by atoms with van der Waals surface area (Å²) >= 11 is 11.4. The largest absolute Gasteiger partial charge is 1.00 e. The average Bonchev–Trinajstić information content (AvgIpc) is 2.08. The predicted molar refractivity (Wildman–Crippen MR) is 54.2 cm³/mol. The maximum absolute atomic E-state index is 5.72. The molecule has 1 aromatic carbocycles. The van der Waals surface area contributed by atoms with Crippen LogP contribution in [0.4, 0.5) is 0 Å². The van der Waals surface area contributed by atoms with Crippen molar-refractivity contribution in [2.24, 2.45) is 5.73 Å². The molecule has 0 atom stereocenters. The van der Waals surface area contributed by atoms with Gasteiger partial charge in [0.05, 0.1) is 12.1 Å². The van der Waals surface area contributed by atoms with Gasteiger partial charge in [0, 0.05) is 5.02 Å². The minimum atomic E-state index is 0. The molecule has 0 aliphatic rings. The third kappa shape index (κ3) is 3.30. The monoisotopic (exact) mass is 208 g/mol. The standard InChI is InChI=1S/C7H6Cl2O.CH5N/c1-10-7-3-2-5(8)4-6(7)9;1-2/h2-4H,1H3;2H2,1H3/p+1. The molecule has 1 aromatic rings. The topological polar surface area (TPSA) is 35.2 Å². The molecule has 0 spiro atoms. The molecule has 0 saturated carbocycles. The van der Waals surface area contributed by atoms with Crippen molar-refractivity contribution in [1.29, 1.82) is 0 Å². The Morgan fingerprint density at radius 3 is 2.33 bits per heavy atom. The summed E-state index contributed by atoms with van der Waals surface area (Å²) < 4.78 is 4.91. The van der Waals surface area contributed by atoms with Crippen molar-refractivity contribution in [2.75, 3.05) is 14.2 Å². The lowest BCUT2D eigenvalue weighted by Gasteiger charge is -2.00. The highest BCUT2D eigenvalue weighted by atomic mass is 35.5. The van der Waals surface area contributed by atoms with E-state index in [1.165, 1.54) is 7.05 Å². The Labute approximate surface area is 83.7 Å². The number of rotatable bonds is 1. The van der Waals surface area contributed by atoms with E-state index in [9.17, 15) is 0 Å². The molecular formula is C8H12Cl2NO+. The van der Waals surface area contributed by atoms with Crippen LogP contribution in [0, 0.1) is 0 Å². The molecule has 0 radical (unpaired) electrons. The number of methoxy groups -OCH3 is 1. The molecular weight excluding hydrogens is 197 g/mol. The van der Waals surface area contributed by atoms with Crippen molar-refractivity contribution in [1.82, 2.24) is 0 Å². The summed E-state index contributed by atoms with van der Waals surface area (Å²) in [6.45, 7) is 0. The maximum atomic E-state index is 5.72. The van der Waals surface area contributed by atoms with Crippen molar-refractivity contribution in [3.05, 3.63) is 28.2 Å². The number of halogens is 2. The first-order valence-electron chi connectivity index (χ1n) is 3.31. The first-order valence-corrected chi connectivity index (χ1v) is 4.06. The fraction of sp³-hybridized carbons (Fsp3) is 0.250. The number of hydrogen-bond acceptors (Lipinski definition) is 2. The molecule has 0 aliphatic carbocycles. The molecule has 0 aromatic heterocycles. The Bertz CT molecular complexity index is 246. The van der Waals surface area contributed by atoms with Gasteiger partial charge in [-0.25, -0.2) is 0 Å². The minimum Gasteiger partial charge on any atom is -0.495 e. The van der Waals surface area contributed by atoms with Gasteiger partial charge >= 0.3 is 1.43 Å². The van der Waals surface area contributed by atoms with Crippen molar-refractivity contribution < 1.29 is 6.16 Å². The first-order chi connectivity index (χ1) is 5.74. The van der Waals surface area contributed by atoms with Gasteiger partial charge in [0.2, 0.25) is 0 Å². The van der Waals surface area contributed by atoms with Crippen LogP contribution in [-0.4, -0.2) is 14.2 Å². The molecule has 0 aliphatic heterocycles. The van der Waals surface area contributed by atoms with Gasteiger partial charge in [-0.2, -0.15) is 0 Å². The van der Waals surface area contributed by atoms with Gasteiger partial charge in [-0.3, -0.25) is 0 Å². The Morgan fingerprint density at radius 1 is 1.33 bits per heavy atom. The zero-order chi connectivity index (χ0) is 9.56. The highest BCUT2D eigenvalue weighted by Crippen LogP contribution is 2.26. The summed E-state index contributed by atoms with van der Waals surface area (Å²) in [6.07, 6.45) is 0. The van der Waals surface area contributed by atoms with Crippen LogP contribution in [0.3, 0.4) is 0 Å². The Kier molecular flexibility index (Phi) is 5.89. The smallest absolute Gasteiger partial charge is 0.495 e. The predicted octanol–water partition coefficient (Wildman–Crippen LogP) is 2.69. The lowest BCUT2D eigenvalue weighted by Crippen LogP contribution is -1.82. The third-order valence-electron chi connectivity index (χ3n) is 1.11. The molecule has 68 valence electrons. The van der Waals surface area contributed by atoms with Gasteiger partial charge in [-0.1, -0.05) is 23.2 Å². The number of ether oxygens (including phenoxy) is 1. The van der Waals surface area contributed by atoms with Gasteiger partial charge in [-0.15, -0.1) is 0 Å². The second kappa shape index (κ2) is 6.12. The third-order valence-corrected chi connectivity index (χ3v) is 1.64. The van der Waals surface area contributed by atoms with Gasteiger partial charge in [-0.05, 0) is 25.2 Å². The van der Waals surface area contributed by atoms with Gasteiger partial charge < -0.3 is 10.5 Å². The van der Waals surface area contributed by atoms with Crippen molar-refractivity contribution in [3.8, 4) is 5.75 Å². The Hall–Kier alpha value is -0.440. The number of benzene rings is 1. The molecule has 0 saturated heterocycles. The van der Waals surface area contributed by atoms with Crippen LogP contribution in [-0.2, 0) is 0 Å². The van der Waals surface area contributed by atoms with E-state index in [-0.39, 0.29) is 1.43 Å². The average molecular weight is 209 g/mol. The summed E-state index contributed by atoms with van der Waals surface area (Å²) in [6, 6.07) is 5.10. The Morgan fingerprint density at radius 2 is 1.92 bits per heavy atom. The second-order valence-electron chi connectivity index (χ2n) is 1.78. The van der Waals surface area contributed by atoms with Crippen LogP contribution >= 0.6 is 23.2 Å². The van der Waals surface area contributed by atoms with Crippen LogP contribution in [0.2, 0.25) is 10.0 Å². The molecule has 0 amide bonds. The normalized spacial score (nSPS) is 8.42. The second-order valence-corrected chi connectivity index (χ2v) is 2.62. The number of nitrogens with two attached hydrogens (primary N) is 1. The van der Waals surface area contributed by atoms with Gasteiger partial charge in [0.15, 0.2) is 0 Å². The minimum absolute atomic E-state index is 0. The molecule has 1 rings (SSSR count). The van der Waals surface area contributed by atoms with Crippen LogP contribution in [0.5, 0.6) is 5.75 Å². The van der Waals surface area contributed by atoms with Crippen LogP contribution in [0.15, 0.2) is 18.2 Å². The summed E-state index contributed by atoms with van der Waals surface area (Å²) in [4.78, 5) is 0. The van der Waals surface area contributed by atoms with Crippen LogP contribution in [0.25, 0.3) is 0 Å². The van der Waals surface area contributed by atoms with E-state index in [2.05, 4.69) is 5.73 Å². The van der Waals surface area contributed by atoms with E-state index >= 15 is 0 Å². The van der Waals surface area contributed by atoms with Crippen molar-refractivity contribution >= 4 is 23.2 Å². The molecule has 2 N–H and O–H groups in total. The molecule has 4 heteroatoms. The van der Waals surface area contributed by atoms with Crippen molar-refractivity contribution in [3.63, 3.8) is 0 Å². The van der Waals surface area contributed by atoms with E-state index in [4.69, 9.17) is 27.9 Å². The van der Waals surface area contributed by atoms with E-state index in [0.29, 0.717) is 15.8 Å². The van der Waals surface area contributed by atoms with Crippen LogP contribution in [0.1, 0.15) is 1.43 Å². The zero-order valence-corrected chi connectivity index (χ0v) is 8.49. The summed E-state index contributed by atoms with van der Waals surface area (Å²) in [5.41, 5.74) is 4.50. The first kappa shape index (κ1) is 11.6. The SMILES string of the molecule is CN.COc1ccc(Cl)cc1Cl.[H+]. The zero-order valence-electron chi connectivity index (χ0n) is 7.97. The number of hydrogen-bond donors (Lipinski definition) is 1. The highest BCUT2D eigenvalue weighted by molar-refractivity contribution is 6.35. The molecule has 0 unspecified atom stereocenters. The van der Waals surface area contributed by atoms with E-state index in [1.807, 2.05) is 0 Å². The summed E-state index contributed by atoms with van der Waals surface area (Å²) in [5, 5.41) is 1.15. The molecule has 0 fully saturated rings. The van der Waals surface area contributed by atoms with Crippen molar-refractivity contribution in [2.45, 2.75) is 0 Å². The highest BCUT2D eigenvalue weighted by Gasteiger charge is 1.98. The van der Waals surface area contributed by atoms with Gasteiger partial charge in [0.1, 0.15) is 5.75 Å². The molecule has 12 heavy (non-hydrogen) atoms. The summed E-state index contributed by atoms with van der Waals surface area (Å²) in [5.74, 6) is 0.645. The Balaban J connectivity index is 0. The van der Waals surface area contributed by atoms with Crippen LogP contribution < -0.4 is 10.5 Å². The fourth-order valence-electron chi connectivity index (χ4n) is 0.641. The quantitative estimate of drug-likeness (QED) is 0.771. The molecule has 0 heterocycles. The van der Waals surface area contributed by atoms with E-state index in [0.717, 1.165) is 0 Å². The lowest BCUT2D eigenvalue weighted by atomic mass is 10.3. The lowest BCUT2D eigenvalue weighted by molar-refractivity contribution is 0.415.